The van der Waals surface area contributed by atoms with Crippen LogP contribution in [-0.4, -0.2) is 33.6 Å². The molecule has 24 heavy (non-hydrogen) atoms. The molecule has 1 aromatic carbocycles. The van der Waals surface area contributed by atoms with Gasteiger partial charge in [-0.25, -0.2) is 0 Å². The summed E-state index contributed by atoms with van der Waals surface area (Å²) >= 11 is 0. The molecule has 1 aliphatic rings. The number of nitrogens with zero attached hydrogens (tertiary/aromatic N) is 4. The van der Waals surface area contributed by atoms with Crippen LogP contribution in [0.15, 0.2) is 33.2 Å². The molecule has 8 heteroatoms. The van der Waals surface area contributed by atoms with Gasteiger partial charge in [0.2, 0.25) is 11.8 Å². The van der Waals surface area contributed by atoms with Crippen molar-refractivity contribution in [2.45, 2.75) is 32.4 Å². The predicted molar refractivity (Wildman–Crippen MR) is 85.3 cm³/mol. The lowest BCUT2D eigenvalue weighted by molar-refractivity contribution is -0.122. The van der Waals surface area contributed by atoms with Gasteiger partial charge in [-0.3, -0.25) is 4.79 Å². The molecule has 3 heterocycles. The van der Waals surface area contributed by atoms with Crippen LogP contribution in [0.25, 0.3) is 11.1 Å². The van der Waals surface area contributed by atoms with Crippen LogP contribution in [0.2, 0.25) is 0 Å². The molecule has 0 spiro atoms. The Morgan fingerprint density at radius 1 is 1.38 bits per heavy atom. The van der Waals surface area contributed by atoms with Crippen molar-refractivity contribution in [2.75, 3.05) is 11.4 Å². The zero-order valence-corrected chi connectivity index (χ0v) is 13.2. The summed E-state index contributed by atoms with van der Waals surface area (Å²) in [5.41, 5.74) is 1.51. The van der Waals surface area contributed by atoms with E-state index in [-0.39, 0.29) is 18.5 Å². The van der Waals surface area contributed by atoms with Crippen molar-refractivity contribution in [2.24, 2.45) is 0 Å². The number of carbonyl (C=O) groups is 1. The molecule has 1 fully saturated rings. The normalized spacial score (nSPS) is 17.5. The third kappa shape index (κ3) is 2.70. The minimum Gasteiger partial charge on any atom is -0.423 e. The fraction of sp³-hybridized carbons (Fsp3) is 0.375. The lowest BCUT2D eigenvalue weighted by Crippen LogP contribution is -2.43. The van der Waals surface area contributed by atoms with Crippen molar-refractivity contribution in [1.29, 1.82) is 0 Å². The van der Waals surface area contributed by atoms with Gasteiger partial charge in [-0.1, -0.05) is 17.3 Å². The summed E-state index contributed by atoms with van der Waals surface area (Å²) in [6, 6.07) is 7.76. The van der Waals surface area contributed by atoms with Crippen LogP contribution in [0, 0.1) is 6.92 Å². The number of anilines is 1. The summed E-state index contributed by atoms with van der Waals surface area (Å²) in [5.74, 6) is 0.853. The van der Waals surface area contributed by atoms with Crippen molar-refractivity contribution in [3.63, 3.8) is 0 Å². The number of para-hydroxylation sites is 2. The second kappa shape index (κ2) is 5.95. The van der Waals surface area contributed by atoms with Crippen LogP contribution in [-0.2, 0) is 11.3 Å². The Balaban J connectivity index is 1.48. The van der Waals surface area contributed by atoms with Gasteiger partial charge in [0.1, 0.15) is 11.6 Å². The van der Waals surface area contributed by atoms with E-state index in [1.54, 1.807) is 6.92 Å². The number of nitrogens with one attached hydrogen (secondary N) is 1. The first-order chi connectivity index (χ1) is 11.7. The first-order valence-corrected chi connectivity index (χ1v) is 7.90. The number of benzene rings is 1. The van der Waals surface area contributed by atoms with Crippen LogP contribution in [0.4, 0.5) is 6.01 Å². The molecule has 3 aromatic rings. The second-order valence-electron chi connectivity index (χ2n) is 5.77. The van der Waals surface area contributed by atoms with E-state index in [0.29, 0.717) is 17.7 Å². The highest BCUT2D eigenvalue weighted by molar-refractivity contribution is 5.85. The van der Waals surface area contributed by atoms with Crippen LogP contribution >= 0.6 is 0 Å². The molecule has 0 bridgehead atoms. The Hall–Kier alpha value is -2.90. The maximum atomic E-state index is 12.5. The highest BCUT2D eigenvalue weighted by Gasteiger charge is 2.33. The van der Waals surface area contributed by atoms with Gasteiger partial charge in [0.15, 0.2) is 11.4 Å². The number of carbonyl (C=O) groups excluding carboxylic acids is 1. The minimum absolute atomic E-state index is 0.0920. The topological polar surface area (TPSA) is 97.3 Å². The average molecular weight is 327 g/mol. The Bertz CT molecular complexity index is 838. The fourth-order valence-corrected chi connectivity index (χ4v) is 2.94. The van der Waals surface area contributed by atoms with Crippen molar-refractivity contribution in [3.05, 3.63) is 36.0 Å². The lowest BCUT2D eigenvalue weighted by atomic mass is 10.2. The van der Waals surface area contributed by atoms with Gasteiger partial charge in [-0.05, 0) is 31.9 Å². The number of hydrogen-bond donors (Lipinski definition) is 1. The Morgan fingerprint density at radius 3 is 3.04 bits per heavy atom. The van der Waals surface area contributed by atoms with Gasteiger partial charge in [-0.15, -0.1) is 0 Å². The fourth-order valence-electron chi connectivity index (χ4n) is 2.94. The molecule has 2 aromatic heterocycles. The van der Waals surface area contributed by atoms with Gasteiger partial charge < -0.3 is 19.2 Å². The lowest BCUT2D eigenvalue weighted by Gasteiger charge is -2.21. The number of aromatic nitrogens is 3. The summed E-state index contributed by atoms with van der Waals surface area (Å²) in [5, 5.41) is 6.55. The Labute approximate surface area is 137 Å². The van der Waals surface area contributed by atoms with Gasteiger partial charge >= 0.3 is 0 Å². The monoisotopic (exact) mass is 327 g/mol. The number of hydrogen-bond acceptors (Lipinski definition) is 7. The van der Waals surface area contributed by atoms with E-state index in [1.165, 1.54) is 0 Å². The molecule has 0 saturated carbocycles. The molecule has 1 aliphatic heterocycles. The van der Waals surface area contributed by atoms with E-state index in [4.69, 9.17) is 8.94 Å². The molecule has 1 amide bonds. The molecule has 1 atom stereocenters. The average Bonchev–Trinajstić information content (AvgIpc) is 3.30. The van der Waals surface area contributed by atoms with E-state index in [2.05, 4.69) is 20.4 Å². The van der Waals surface area contributed by atoms with Gasteiger partial charge in [0.05, 0.1) is 6.54 Å². The molecule has 4 rings (SSSR count). The largest absolute Gasteiger partial charge is 0.423 e. The standard InChI is InChI=1S/C16H17N5O3/c1-10-18-14(24-20-10)9-17-15(22)12-6-4-8-21(12)16-19-11-5-2-3-7-13(11)23-16/h2-3,5,7,12H,4,6,8-9H2,1H3,(H,17,22). The maximum absolute atomic E-state index is 12.5. The van der Waals surface area contributed by atoms with Crippen molar-refractivity contribution in [1.82, 2.24) is 20.4 Å². The molecular formula is C16H17N5O3. The van der Waals surface area contributed by atoms with Gasteiger partial charge in [0, 0.05) is 6.54 Å². The summed E-state index contributed by atoms with van der Waals surface area (Å²) in [7, 11) is 0. The van der Waals surface area contributed by atoms with E-state index < -0.39 is 0 Å². The predicted octanol–water partition coefficient (Wildman–Crippen LogP) is 1.80. The number of fused-ring (bicyclic) bond motifs is 1. The summed E-state index contributed by atoms with van der Waals surface area (Å²) in [6.07, 6.45) is 1.67. The summed E-state index contributed by atoms with van der Waals surface area (Å²) in [6.45, 7) is 2.70. The summed E-state index contributed by atoms with van der Waals surface area (Å²) < 4.78 is 10.8. The van der Waals surface area contributed by atoms with E-state index >= 15 is 0 Å². The van der Waals surface area contributed by atoms with Crippen LogP contribution in [0.3, 0.4) is 0 Å². The number of amides is 1. The second-order valence-corrected chi connectivity index (χ2v) is 5.77. The third-order valence-electron chi connectivity index (χ3n) is 4.07. The number of oxazole rings is 1. The van der Waals surface area contributed by atoms with E-state index in [9.17, 15) is 4.79 Å². The van der Waals surface area contributed by atoms with Crippen molar-refractivity contribution >= 4 is 23.0 Å². The van der Waals surface area contributed by atoms with E-state index in [1.807, 2.05) is 29.2 Å². The Morgan fingerprint density at radius 2 is 2.25 bits per heavy atom. The number of aryl methyl sites for hydroxylation is 1. The maximum Gasteiger partial charge on any atom is 0.299 e. The molecule has 0 aliphatic carbocycles. The molecule has 8 nitrogen and oxygen atoms in total. The van der Waals surface area contributed by atoms with Crippen molar-refractivity contribution < 1.29 is 13.7 Å². The molecule has 1 unspecified atom stereocenters. The Kier molecular flexibility index (Phi) is 3.64. The molecule has 1 N–H and O–H groups in total. The van der Waals surface area contributed by atoms with Crippen LogP contribution in [0.5, 0.6) is 0 Å². The van der Waals surface area contributed by atoms with Gasteiger partial charge in [-0.2, -0.15) is 9.97 Å². The highest BCUT2D eigenvalue weighted by atomic mass is 16.5. The molecule has 1 saturated heterocycles. The van der Waals surface area contributed by atoms with Crippen molar-refractivity contribution in [3.8, 4) is 0 Å². The third-order valence-corrected chi connectivity index (χ3v) is 4.07. The molecule has 0 radical (unpaired) electrons. The SMILES string of the molecule is Cc1noc(CNC(=O)C2CCCN2c2nc3ccccc3o2)n1. The first kappa shape index (κ1) is 14.7. The first-order valence-electron chi connectivity index (χ1n) is 7.90. The smallest absolute Gasteiger partial charge is 0.299 e. The van der Waals surface area contributed by atoms with E-state index in [0.717, 1.165) is 30.5 Å². The van der Waals surface area contributed by atoms with Crippen LogP contribution < -0.4 is 10.2 Å². The zero-order chi connectivity index (χ0) is 16.5. The number of rotatable bonds is 4. The van der Waals surface area contributed by atoms with Gasteiger partial charge in [0.25, 0.3) is 6.01 Å². The van der Waals surface area contributed by atoms with Crippen LogP contribution in [0.1, 0.15) is 24.6 Å². The molecular weight excluding hydrogens is 310 g/mol. The summed E-state index contributed by atoms with van der Waals surface area (Å²) in [4.78, 5) is 23.0. The minimum atomic E-state index is -0.304. The highest BCUT2D eigenvalue weighted by Crippen LogP contribution is 2.28. The molecule has 124 valence electrons. The quantitative estimate of drug-likeness (QED) is 0.780. The zero-order valence-electron chi connectivity index (χ0n) is 13.2.